The van der Waals surface area contributed by atoms with Gasteiger partial charge in [0.15, 0.2) is 0 Å². The summed E-state index contributed by atoms with van der Waals surface area (Å²) in [6, 6.07) is 6.02. The molecule has 24 heteroatoms. The minimum absolute atomic E-state index is 0.00687. The van der Waals surface area contributed by atoms with Crippen molar-refractivity contribution in [3.8, 4) is 11.5 Å². The number of hydrogen-bond donors (Lipinski definition) is 2. The number of hydrogen-bond acceptors (Lipinski definition) is 12. The number of carbonyl (C=O) groups excluding carboxylic acids is 4. The van der Waals surface area contributed by atoms with Crippen LogP contribution < -0.4 is 20.1 Å². The lowest BCUT2D eigenvalue weighted by Gasteiger charge is -2.34. The highest BCUT2D eigenvalue weighted by molar-refractivity contribution is 6.05. The normalized spacial score (nSPS) is 19.7. The first-order valence-corrected chi connectivity index (χ1v) is 29.0. The molecule has 2 N–H and O–H groups in total. The third-order valence-electron chi connectivity index (χ3n) is 16.1. The van der Waals surface area contributed by atoms with Gasteiger partial charge in [0, 0.05) is 87.9 Å². The number of alkyl halides is 6. The Bertz CT molecular complexity index is 3700. The first-order chi connectivity index (χ1) is 43.2. The number of anilines is 2. The van der Waals surface area contributed by atoms with Crippen LogP contribution in [-0.4, -0.2) is 149 Å². The number of likely N-dealkylation sites (tertiary alicyclic amines) is 4. The molecule has 4 aliphatic rings. The summed E-state index contributed by atoms with van der Waals surface area (Å²) >= 11 is 0. The molecule has 18 nitrogen and oxygen atoms in total. The van der Waals surface area contributed by atoms with E-state index in [4.69, 9.17) is 21.3 Å². The second-order valence-corrected chi connectivity index (χ2v) is 22.4. The van der Waals surface area contributed by atoms with Crippen LogP contribution in [-0.2, 0) is 21.9 Å². The lowest BCUT2D eigenvalue weighted by atomic mass is 10.1. The molecule has 0 bridgehead atoms. The Hall–Kier alpha value is -7.86. The van der Waals surface area contributed by atoms with Crippen LogP contribution in [0.2, 0.25) is 0 Å². The van der Waals surface area contributed by atoms with Crippen molar-refractivity contribution in [2.24, 2.45) is 0 Å². The van der Waals surface area contributed by atoms with E-state index >= 15 is 0 Å². The standard InChI is InChI=1S/2C31H37F3N6O3/c2*1-4-27(41)39-15-6-5-8-22(19-39)40-28-24(9-7-10-25(28)43-23-12-16-38(17-13-23)20(2)3)36-30(40)37-29(42)21-11-14-35-26(18-21)31(32,33)34/h2*4,7,9-11,14,18,20,22-23H,1,5-6,8,12-13,15-17,19H2,2-3H3,(H,36,37,42)/t22-;/m1./s1/i7D,9D,11D,14D,18D;. The van der Waals surface area contributed by atoms with Gasteiger partial charge in [-0.2, -0.15) is 26.3 Å². The lowest BCUT2D eigenvalue weighted by molar-refractivity contribution is -0.142. The van der Waals surface area contributed by atoms with Gasteiger partial charge in [0.05, 0.1) is 30.0 Å². The van der Waals surface area contributed by atoms with Gasteiger partial charge in [-0.25, -0.2) is 9.97 Å². The molecule has 10 rings (SSSR count). The van der Waals surface area contributed by atoms with E-state index in [1.54, 1.807) is 14.4 Å². The van der Waals surface area contributed by atoms with Gasteiger partial charge in [0.1, 0.15) is 46.1 Å². The minimum atomic E-state index is -5.16. The number of ether oxygens (including phenoxy) is 2. The molecule has 4 aliphatic heterocycles. The maximum Gasteiger partial charge on any atom is 0.433 e. The molecule has 460 valence electrons. The summed E-state index contributed by atoms with van der Waals surface area (Å²) in [4.78, 5) is 76.0. The zero-order valence-electron chi connectivity index (χ0n) is 53.5. The molecule has 0 spiro atoms. The van der Waals surface area contributed by atoms with Gasteiger partial charge in [-0.15, -0.1) is 0 Å². The Labute approximate surface area is 502 Å². The monoisotopic (exact) mass is 1200 g/mol. The number of pyridine rings is 2. The topological polar surface area (TPSA) is 185 Å². The Morgan fingerprint density at radius 1 is 0.628 bits per heavy atom. The fourth-order valence-electron chi connectivity index (χ4n) is 11.5. The van der Waals surface area contributed by atoms with Crippen LogP contribution in [0.3, 0.4) is 0 Å². The summed E-state index contributed by atoms with van der Waals surface area (Å²) in [5.74, 6) is -1.79. The molecule has 86 heavy (non-hydrogen) atoms. The van der Waals surface area contributed by atoms with Crippen LogP contribution in [0.1, 0.15) is 143 Å². The van der Waals surface area contributed by atoms with Crippen molar-refractivity contribution >= 4 is 57.6 Å². The first kappa shape index (κ1) is 56.0. The molecule has 4 saturated heterocycles. The predicted molar refractivity (Wildman–Crippen MR) is 314 cm³/mol. The highest BCUT2D eigenvalue weighted by Crippen LogP contribution is 2.39. The quantitative estimate of drug-likeness (QED) is 0.0778. The molecule has 1 unspecified atom stereocenters. The second-order valence-electron chi connectivity index (χ2n) is 22.4. The van der Waals surface area contributed by atoms with E-state index < -0.39 is 65.4 Å². The highest BCUT2D eigenvalue weighted by Gasteiger charge is 2.36. The summed E-state index contributed by atoms with van der Waals surface area (Å²) in [5.41, 5.74) is -2.66. The number of benzene rings is 2. The molecule has 4 fully saturated rings. The van der Waals surface area contributed by atoms with E-state index in [9.17, 15) is 45.5 Å². The molecule has 2 atom stereocenters. The number of nitrogens with one attached hydrogen (secondary N) is 2. The van der Waals surface area contributed by atoms with Crippen molar-refractivity contribution in [1.82, 2.24) is 48.7 Å². The number of fused-ring (bicyclic) bond motifs is 2. The summed E-state index contributed by atoms with van der Waals surface area (Å²) in [5, 5.41) is 5.19. The summed E-state index contributed by atoms with van der Waals surface area (Å²) < 4.78 is 139. The predicted octanol–water partition coefficient (Wildman–Crippen LogP) is 11.4. The maximum absolute atomic E-state index is 13.7. The fraction of sp³-hybridized carbons (Fsp3) is 0.484. The first-order valence-electron chi connectivity index (χ1n) is 31.5. The van der Waals surface area contributed by atoms with E-state index in [0.717, 1.165) is 64.1 Å². The van der Waals surface area contributed by atoms with Crippen molar-refractivity contribution in [1.29, 1.82) is 0 Å². The van der Waals surface area contributed by atoms with E-state index in [1.807, 2.05) is 22.8 Å². The molecule has 2 aromatic carbocycles. The van der Waals surface area contributed by atoms with Gasteiger partial charge in [0.25, 0.3) is 11.8 Å². The number of halogens is 6. The number of rotatable bonds is 14. The average molecular weight is 1200 g/mol. The molecule has 0 saturated carbocycles. The third-order valence-corrected chi connectivity index (χ3v) is 16.1. The molecule has 0 radical (unpaired) electrons. The molecule has 0 aliphatic carbocycles. The molecule has 4 aromatic heterocycles. The van der Waals surface area contributed by atoms with Gasteiger partial charge in [-0.1, -0.05) is 25.3 Å². The van der Waals surface area contributed by atoms with Crippen LogP contribution in [0.25, 0.3) is 22.1 Å². The van der Waals surface area contributed by atoms with Crippen LogP contribution in [0.15, 0.2) is 98.2 Å². The van der Waals surface area contributed by atoms with Crippen molar-refractivity contribution < 1.29 is 61.8 Å². The van der Waals surface area contributed by atoms with Crippen molar-refractivity contribution in [3.05, 3.63) is 121 Å². The number of aromatic nitrogens is 6. The number of carbonyl (C=O) groups is 4. The Balaban J connectivity index is 0.000000217. The smallest absolute Gasteiger partial charge is 0.433 e. The zero-order valence-corrected chi connectivity index (χ0v) is 48.5. The fourth-order valence-corrected chi connectivity index (χ4v) is 11.5. The van der Waals surface area contributed by atoms with Gasteiger partial charge < -0.3 is 38.2 Å². The third kappa shape index (κ3) is 14.9. The largest absolute Gasteiger partial charge is 0.488 e. The molecular formula is C62H74F6N12O6. The van der Waals surface area contributed by atoms with Crippen LogP contribution in [0.4, 0.5) is 38.2 Å². The van der Waals surface area contributed by atoms with Gasteiger partial charge in [-0.05, 0) is 153 Å². The van der Waals surface area contributed by atoms with Crippen molar-refractivity contribution in [2.45, 2.75) is 141 Å². The van der Waals surface area contributed by atoms with Gasteiger partial charge >= 0.3 is 12.4 Å². The van der Waals surface area contributed by atoms with Crippen molar-refractivity contribution in [3.63, 3.8) is 0 Å². The second kappa shape index (κ2) is 27.2. The minimum Gasteiger partial charge on any atom is -0.488 e. The van der Waals surface area contributed by atoms with E-state index in [2.05, 4.69) is 76.2 Å². The lowest BCUT2D eigenvalue weighted by Crippen LogP contribution is -2.41. The molecule has 4 amide bonds. The average Bonchev–Trinajstić information content (AvgIpc) is 1.65. The molecule has 8 heterocycles. The number of para-hydroxylation sites is 2. The SMILES string of the molecule is C=CC(=O)N1CCCCC(n2c(NC(=O)c3ccnc(C(F)(F)F)c3)nc3cccc(OC4CCN(C(C)C)CC4)c32)C1.[2H]c1cc(OC2CCN(C(C)C)CC2)c2c(nc(NC(=O)c3c([2H])c([2H])nc(C(F)(F)F)c3[2H])n2[C@@H]2CCCCN(C(=O)C=C)C2)c1[2H]. The summed E-state index contributed by atoms with van der Waals surface area (Å²) in [7, 11) is 0. The molecular weight excluding hydrogens is 1120 g/mol. The number of amides is 4. The van der Waals surface area contributed by atoms with Crippen LogP contribution in [0.5, 0.6) is 11.5 Å². The molecule has 6 aromatic rings. The highest BCUT2D eigenvalue weighted by atomic mass is 19.4. The van der Waals surface area contributed by atoms with Crippen LogP contribution in [0, 0.1) is 0 Å². The van der Waals surface area contributed by atoms with E-state index in [-0.39, 0.29) is 82.9 Å². The number of piperidine rings is 2. The van der Waals surface area contributed by atoms with Crippen molar-refractivity contribution in [2.75, 3.05) is 63.0 Å². The maximum atomic E-state index is 13.7. The number of nitrogens with zero attached hydrogens (tertiary/aromatic N) is 10. The van der Waals surface area contributed by atoms with Crippen LogP contribution >= 0.6 is 0 Å². The van der Waals surface area contributed by atoms with Gasteiger partial charge in [0.2, 0.25) is 23.7 Å². The summed E-state index contributed by atoms with van der Waals surface area (Å²) in [6.07, 6.45) is -0.557. The summed E-state index contributed by atoms with van der Waals surface area (Å²) in [6.45, 7) is 20.7. The Morgan fingerprint density at radius 3 is 1.64 bits per heavy atom. The zero-order chi connectivity index (χ0) is 65.8. The Kier molecular flexibility index (Phi) is 17.7. The number of imidazole rings is 2. The Morgan fingerprint density at radius 2 is 1.13 bits per heavy atom. The van der Waals surface area contributed by atoms with E-state index in [0.29, 0.717) is 87.0 Å². The van der Waals surface area contributed by atoms with Gasteiger partial charge in [-0.3, -0.25) is 39.8 Å². The van der Waals surface area contributed by atoms with E-state index in [1.165, 1.54) is 24.3 Å².